The number of aromatic nitrogens is 1. The van der Waals surface area contributed by atoms with Crippen LogP contribution >= 0.6 is 0 Å². The standard InChI is InChI=1S/C21H17F3N2O4/c22-21(23,24)30-18-7-5-17(6-8-18)29-16-3-1-13(2-4-16)14-11-15(9-10-27)26-19(12-14)20(25)28/h1-8,11-12,27H,9-10H2,(H2,25,28). The van der Waals surface area contributed by atoms with E-state index < -0.39 is 12.3 Å². The van der Waals surface area contributed by atoms with E-state index in [1.807, 2.05) is 0 Å². The zero-order valence-corrected chi connectivity index (χ0v) is 15.5. The van der Waals surface area contributed by atoms with Crippen molar-refractivity contribution in [1.82, 2.24) is 4.98 Å². The highest BCUT2D eigenvalue weighted by molar-refractivity contribution is 5.92. The molecule has 0 fully saturated rings. The number of alkyl halides is 3. The first-order valence-corrected chi connectivity index (χ1v) is 8.79. The summed E-state index contributed by atoms with van der Waals surface area (Å²) in [5.74, 6) is -0.216. The molecule has 0 saturated heterocycles. The minimum absolute atomic E-state index is 0.0949. The molecule has 1 aromatic heterocycles. The molecule has 156 valence electrons. The van der Waals surface area contributed by atoms with Gasteiger partial charge in [0.05, 0.1) is 0 Å². The summed E-state index contributed by atoms with van der Waals surface area (Å²) in [5.41, 5.74) is 7.41. The molecule has 30 heavy (non-hydrogen) atoms. The number of ether oxygens (including phenoxy) is 2. The van der Waals surface area contributed by atoms with Gasteiger partial charge in [0.25, 0.3) is 5.91 Å². The van der Waals surface area contributed by atoms with Gasteiger partial charge in [-0.25, -0.2) is 4.98 Å². The molecule has 0 radical (unpaired) electrons. The van der Waals surface area contributed by atoms with E-state index in [1.165, 1.54) is 12.1 Å². The Hall–Kier alpha value is -3.59. The largest absolute Gasteiger partial charge is 0.573 e. The number of benzene rings is 2. The van der Waals surface area contributed by atoms with E-state index in [0.29, 0.717) is 22.8 Å². The number of nitrogens with two attached hydrogens (primary N) is 1. The van der Waals surface area contributed by atoms with Gasteiger partial charge in [-0.3, -0.25) is 4.79 Å². The lowest BCUT2D eigenvalue weighted by Crippen LogP contribution is -2.16. The van der Waals surface area contributed by atoms with Crippen LogP contribution in [0, 0.1) is 0 Å². The van der Waals surface area contributed by atoms with Crippen molar-refractivity contribution in [3.8, 4) is 28.4 Å². The summed E-state index contributed by atoms with van der Waals surface area (Å²) in [5, 5.41) is 9.12. The van der Waals surface area contributed by atoms with E-state index >= 15 is 0 Å². The van der Waals surface area contributed by atoms with E-state index in [4.69, 9.17) is 15.6 Å². The molecule has 3 aromatic rings. The van der Waals surface area contributed by atoms with Crippen molar-refractivity contribution >= 4 is 5.91 Å². The Morgan fingerprint density at radius 3 is 2.03 bits per heavy atom. The molecule has 3 rings (SSSR count). The Balaban J connectivity index is 1.76. The maximum Gasteiger partial charge on any atom is 0.573 e. The summed E-state index contributed by atoms with van der Waals surface area (Å²) < 4.78 is 46.1. The van der Waals surface area contributed by atoms with Crippen molar-refractivity contribution in [3.05, 3.63) is 72.1 Å². The second kappa shape index (κ2) is 8.83. The fourth-order valence-electron chi connectivity index (χ4n) is 2.68. The zero-order chi connectivity index (χ0) is 21.7. The second-order valence-electron chi connectivity index (χ2n) is 6.22. The van der Waals surface area contributed by atoms with E-state index in [0.717, 1.165) is 17.7 Å². The van der Waals surface area contributed by atoms with Crippen LogP contribution in [0.15, 0.2) is 60.7 Å². The molecule has 2 aromatic carbocycles. The van der Waals surface area contributed by atoms with Gasteiger partial charge in [0, 0.05) is 18.7 Å². The Morgan fingerprint density at radius 1 is 0.933 bits per heavy atom. The van der Waals surface area contributed by atoms with Gasteiger partial charge in [-0.1, -0.05) is 12.1 Å². The first kappa shape index (κ1) is 21.1. The molecule has 9 heteroatoms. The second-order valence-corrected chi connectivity index (χ2v) is 6.22. The summed E-state index contributed by atoms with van der Waals surface area (Å²) in [6, 6.07) is 15.2. The molecule has 0 spiro atoms. The van der Waals surface area contributed by atoms with Gasteiger partial charge < -0.3 is 20.3 Å². The molecular formula is C21H17F3N2O4. The lowest BCUT2D eigenvalue weighted by molar-refractivity contribution is -0.274. The summed E-state index contributed by atoms with van der Waals surface area (Å²) in [6.45, 7) is -0.117. The lowest BCUT2D eigenvalue weighted by atomic mass is 10.0. The first-order chi connectivity index (χ1) is 14.2. The lowest BCUT2D eigenvalue weighted by Gasteiger charge is -2.11. The van der Waals surface area contributed by atoms with Crippen LogP contribution in [0.2, 0.25) is 0 Å². The number of hydrogen-bond donors (Lipinski definition) is 2. The number of aliphatic hydroxyl groups is 1. The summed E-state index contributed by atoms with van der Waals surface area (Å²) in [6.07, 6.45) is -4.47. The summed E-state index contributed by atoms with van der Waals surface area (Å²) in [4.78, 5) is 15.6. The van der Waals surface area contributed by atoms with Gasteiger partial charge >= 0.3 is 6.36 Å². The molecule has 0 atom stereocenters. The third-order valence-electron chi connectivity index (χ3n) is 3.98. The minimum atomic E-state index is -4.75. The monoisotopic (exact) mass is 418 g/mol. The topological polar surface area (TPSA) is 94.7 Å². The van der Waals surface area contributed by atoms with Gasteiger partial charge in [-0.05, 0) is 59.7 Å². The summed E-state index contributed by atoms with van der Waals surface area (Å²) >= 11 is 0. The number of carbonyl (C=O) groups is 1. The van der Waals surface area contributed by atoms with Crippen LogP contribution < -0.4 is 15.2 Å². The molecule has 0 aliphatic rings. The van der Waals surface area contributed by atoms with Crippen LogP contribution in [0.25, 0.3) is 11.1 Å². The Labute approximate surface area is 169 Å². The number of rotatable bonds is 7. The molecule has 3 N–H and O–H groups in total. The molecule has 1 amide bonds. The van der Waals surface area contributed by atoms with E-state index in [1.54, 1.807) is 36.4 Å². The number of amides is 1. The van der Waals surface area contributed by atoms with Crippen molar-refractivity contribution < 1.29 is 32.5 Å². The molecule has 0 unspecified atom stereocenters. The highest BCUT2D eigenvalue weighted by Gasteiger charge is 2.30. The van der Waals surface area contributed by atoms with Crippen LogP contribution in [0.4, 0.5) is 13.2 Å². The van der Waals surface area contributed by atoms with Gasteiger partial charge in [0.1, 0.15) is 22.9 Å². The first-order valence-electron chi connectivity index (χ1n) is 8.79. The SMILES string of the molecule is NC(=O)c1cc(-c2ccc(Oc3ccc(OC(F)(F)F)cc3)cc2)cc(CCO)n1. The van der Waals surface area contributed by atoms with Crippen molar-refractivity contribution in [1.29, 1.82) is 0 Å². The normalized spacial score (nSPS) is 11.2. The highest BCUT2D eigenvalue weighted by atomic mass is 19.4. The molecule has 0 bridgehead atoms. The van der Waals surface area contributed by atoms with Crippen molar-refractivity contribution in [2.75, 3.05) is 6.61 Å². The number of halogens is 3. The fourth-order valence-corrected chi connectivity index (χ4v) is 2.68. The van der Waals surface area contributed by atoms with Crippen LogP contribution in [0.1, 0.15) is 16.2 Å². The number of aliphatic hydroxyl groups excluding tert-OH is 1. The summed E-state index contributed by atoms with van der Waals surface area (Å²) in [7, 11) is 0. The van der Waals surface area contributed by atoms with Crippen LogP contribution in [-0.4, -0.2) is 29.0 Å². The predicted molar refractivity (Wildman–Crippen MR) is 102 cm³/mol. The zero-order valence-electron chi connectivity index (χ0n) is 15.5. The third-order valence-corrected chi connectivity index (χ3v) is 3.98. The molecule has 1 heterocycles. The quantitative estimate of drug-likeness (QED) is 0.603. The maximum absolute atomic E-state index is 12.2. The van der Waals surface area contributed by atoms with E-state index in [9.17, 15) is 18.0 Å². The van der Waals surface area contributed by atoms with E-state index in [-0.39, 0.29) is 24.5 Å². The van der Waals surface area contributed by atoms with Crippen molar-refractivity contribution in [3.63, 3.8) is 0 Å². The molecule has 6 nitrogen and oxygen atoms in total. The fraction of sp³-hybridized carbons (Fsp3) is 0.143. The minimum Gasteiger partial charge on any atom is -0.457 e. The van der Waals surface area contributed by atoms with E-state index in [2.05, 4.69) is 9.72 Å². The number of carbonyl (C=O) groups excluding carboxylic acids is 1. The molecule has 0 aliphatic carbocycles. The van der Waals surface area contributed by atoms with Crippen molar-refractivity contribution in [2.24, 2.45) is 5.73 Å². The Bertz CT molecular complexity index is 1020. The highest BCUT2D eigenvalue weighted by Crippen LogP contribution is 2.29. The van der Waals surface area contributed by atoms with Gasteiger partial charge in [-0.2, -0.15) is 0 Å². The predicted octanol–water partition coefficient (Wildman–Crippen LogP) is 4.07. The smallest absolute Gasteiger partial charge is 0.457 e. The maximum atomic E-state index is 12.2. The van der Waals surface area contributed by atoms with Gasteiger partial charge in [0.15, 0.2) is 0 Å². The third kappa shape index (κ3) is 5.71. The van der Waals surface area contributed by atoms with Crippen LogP contribution in [0.5, 0.6) is 17.2 Å². The number of pyridine rings is 1. The Morgan fingerprint density at radius 2 is 1.50 bits per heavy atom. The Kier molecular flexibility index (Phi) is 6.22. The number of nitrogens with zero attached hydrogens (tertiary/aromatic N) is 1. The van der Waals surface area contributed by atoms with Gasteiger partial charge in [0.2, 0.25) is 0 Å². The van der Waals surface area contributed by atoms with Crippen molar-refractivity contribution in [2.45, 2.75) is 12.8 Å². The average Bonchev–Trinajstić information content (AvgIpc) is 2.69. The van der Waals surface area contributed by atoms with Crippen LogP contribution in [0.3, 0.4) is 0 Å². The molecular weight excluding hydrogens is 401 g/mol. The molecule has 0 aliphatic heterocycles. The number of primary amides is 1. The average molecular weight is 418 g/mol. The number of hydrogen-bond acceptors (Lipinski definition) is 5. The van der Waals surface area contributed by atoms with Crippen LogP contribution in [-0.2, 0) is 6.42 Å². The molecule has 0 saturated carbocycles. The van der Waals surface area contributed by atoms with Gasteiger partial charge in [-0.15, -0.1) is 13.2 Å².